The molecule has 0 spiro atoms. The molecule has 1 aliphatic heterocycles. The summed E-state index contributed by atoms with van der Waals surface area (Å²) in [5.74, 6) is -1.48. The zero-order valence-electron chi connectivity index (χ0n) is 16.6. The Labute approximate surface area is 172 Å². The van der Waals surface area contributed by atoms with Crippen LogP contribution in [-0.4, -0.2) is 48.8 Å². The maximum Gasteiger partial charge on any atom is 0.266 e. The molecule has 2 bridgehead atoms. The summed E-state index contributed by atoms with van der Waals surface area (Å²) in [6.45, 7) is 4.05. The number of fused-ring (bicyclic) bond motifs is 3. The smallest absolute Gasteiger partial charge is 0.266 e. The highest BCUT2D eigenvalue weighted by Gasteiger charge is 2.64. The van der Waals surface area contributed by atoms with E-state index in [4.69, 9.17) is 4.74 Å². The number of rotatable bonds is 5. The van der Waals surface area contributed by atoms with Gasteiger partial charge in [-0.05, 0) is 38.8 Å². The number of ketones is 2. The lowest BCUT2D eigenvalue weighted by molar-refractivity contribution is -0.153. The monoisotopic (exact) mass is 408 g/mol. The van der Waals surface area contributed by atoms with E-state index in [0.717, 1.165) is 4.90 Å². The average Bonchev–Trinajstić information content (AvgIpc) is 3.24. The molecule has 1 aromatic heterocycles. The molecular formula is C21H20N4O5. The van der Waals surface area contributed by atoms with Crippen molar-refractivity contribution in [3.8, 4) is 5.75 Å². The molecule has 4 aliphatic rings. The van der Waals surface area contributed by atoms with Crippen LogP contribution >= 0.6 is 0 Å². The quantitative estimate of drug-likeness (QED) is 0.547. The van der Waals surface area contributed by atoms with Crippen molar-refractivity contribution in [3.05, 3.63) is 41.2 Å². The number of carbonyl (C=O) groups excluding carboxylic acids is 4. The standard InChI is InChI=1S/C21H20N4O5/c1-11(2)24-9-13(22-23-24)10-30-16-5-3-4-14-18(16)20(29)25(19(14)28)21-7-12(8-21)15(26)6-17(21)27/h3-5,9,11-12H,6-8,10H2,1-2H3. The summed E-state index contributed by atoms with van der Waals surface area (Å²) in [6, 6.07) is 4.98. The number of carbonyl (C=O) groups is 4. The zero-order chi connectivity index (χ0) is 21.2. The number of Topliss-reactive ketones (excluding diaryl/α,β-unsaturated/α-hetero) is 2. The summed E-state index contributed by atoms with van der Waals surface area (Å²) in [7, 11) is 0. The fourth-order valence-electron chi connectivity index (χ4n) is 4.53. The minimum absolute atomic E-state index is 0.0886. The van der Waals surface area contributed by atoms with Crippen LogP contribution < -0.4 is 4.74 Å². The molecule has 30 heavy (non-hydrogen) atoms. The Balaban J connectivity index is 1.42. The van der Waals surface area contributed by atoms with Crippen LogP contribution in [-0.2, 0) is 16.2 Å². The highest BCUT2D eigenvalue weighted by Crippen LogP contribution is 2.51. The lowest BCUT2D eigenvalue weighted by Gasteiger charge is -2.53. The summed E-state index contributed by atoms with van der Waals surface area (Å²) in [5, 5.41) is 8.07. The van der Waals surface area contributed by atoms with Gasteiger partial charge in [-0.2, -0.15) is 0 Å². The summed E-state index contributed by atoms with van der Waals surface area (Å²) < 4.78 is 7.52. The molecular weight excluding hydrogens is 388 g/mol. The lowest BCUT2D eigenvalue weighted by Crippen LogP contribution is -2.68. The molecule has 0 radical (unpaired) electrons. The highest BCUT2D eigenvalue weighted by atomic mass is 16.5. The van der Waals surface area contributed by atoms with Gasteiger partial charge in [-0.3, -0.25) is 24.1 Å². The molecule has 2 amide bonds. The van der Waals surface area contributed by atoms with E-state index in [2.05, 4.69) is 10.3 Å². The molecule has 9 heteroatoms. The van der Waals surface area contributed by atoms with Crippen LogP contribution in [0.15, 0.2) is 24.4 Å². The van der Waals surface area contributed by atoms with Gasteiger partial charge in [-0.15, -0.1) is 5.10 Å². The van der Waals surface area contributed by atoms with Gasteiger partial charge in [0.1, 0.15) is 29.4 Å². The van der Waals surface area contributed by atoms with Gasteiger partial charge in [-0.1, -0.05) is 11.3 Å². The molecule has 3 saturated carbocycles. The first kappa shape index (κ1) is 18.7. The van der Waals surface area contributed by atoms with Gasteiger partial charge < -0.3 is 4.74 Å². The van der Waals surface area contributed by atoms with E-state index in [0.29, 0.717) is 5.69 Å². The number of amides is 2. The molecule has 0 N–H and O–H groups in total. The highest BCUT2D eigenvalue weighted by molar-refractivity contribution is 6.26. The lowest BCUT2D eigenvalue weighted by atomic mass is 9.57. The Morgan fingerprint density at radius 2 is 1.93 bits per heavy atom. The van der Waals surface area contributed by atoms with Gasteiger partial charge in [0.25, 0.3) is 11.8 Å². The second-order valence-electron chi connectivity index (χ2n) is 8.40. The molecule has 0 unspecified atom stereocenters. The van der Waals surface area contributed by atoms with Gasteiger partial charge in [0.15, 0.2) is 5.78 Å². The van der Waals surface area contributed by atoms with Crippen molar-refractivity contribution in [2.45, 2.75) is 51.3 Å². The SMILES string of the molecule is CC(C)n1cc(COc2cccc3c2C(=O)N(C24CC(C2)C(=O)CC4=O)C3=O)nn1. The van der Waals surface area contributed by atoms with Gasteiger partial charge >= 0.3 is 0 Å². The average molecular weight is 408 g/mol. The first-order valence-corrected chi connectivity index (χ1v) is 9.93. The third-order valence-corrected chi connectivity index (χ3v) is 6.24. The van der Waals surface area contributed by atoms with E-state index < -0.39 is 17.4 Å². The maximum atomic E-state index is 13.2. The van der Waals surface area contributed by atoms with Gasteiger partial charge in [0.2, 0.25) is 0 Å². The van der Waals surface area contributed by atoms with Crippen molar-refractivity contribution in [1.82, 2.24) is 19.9 Å². The van der Waals surface area contributed by atoms with E-state index >= 15 is 0 Å². The van der Waals surface area contributed by atoms with Crippen molar-refractivity contribution in [2.75, 3.05) is 0 Å². The second kappa shape index (κ2) is 6.32. The number of ether oxygens (including phenoxy) is 1. The van der Waals surface area contributed by atoms with Crippen LogP contribution in [0.3, 0.4) is 0 Å². The minimum Gasteiger partial charge on any atom is -0.486 e. The number of aromatic nitrogens is 3. The molecule has 3 fully saturated rings. The fraction of sp³-hybridized carbons (Fsp3) is 0.429. The van der Waals surface area contributed by atoms with Crippen molar-refractivity contribution in [3.63, 3.8) is 0 Å². The van der Waals surface area contributed by atoms with E-state index in [1.165, 1.54) is 0 Å². The first-order valence-electron chi connectivity index (χ1n) is 9.93. The second-order valence-corrected chi connectivity index (χ2v) is 8.40. The van der Waals surface area contributed by atoms with E-state index in [1.54, 1.807) is 29.1 Å². The fourth-order valence-corrected chi connectivity index (χ4v) is 4.53. The number of hydrogen-bond acceptors (Lipinski definition) is 7. The van der Waals surface area contributed by atoms with Crippen molar-refractivity contribution >= 4 is 23.4 Å². The van der Waals surface area contributed by atoms with Crippen molar-refractivity contribution in [2.24, 2.45) is 5.92 Å². The molecule has 6 rings (SSSR count). The number of imide groups is 1. The predicted molar refractivity (Wildman–Crippen MR) is 102 cm³/mol. The Morgan fingerprint density at radius 1 is 1.17 bits per heavy atom. The van der Waals surface area contributed by atoms with Gasteiger partial charge in [0, 0.05) is 12.0 Å². The zero-order valence-corrected chi connectivity index (χ0v) is 16.6. The van der Waals surface area contributed by atoms with Crippen LogP contribution in [0, 0.1) is 5.92 Å². The Bertz CT molecular complexity index is 1110. The van der Waals surface area contributed by atoms with Crippen molar-refractivity contribution < 1.29 is 23.9 Å². The molecule has 0 atom stereocenters. The van der Waals surface area contributed by atoms with Crippen LogP contribution in [0.4, 0.5) is 0 Å². The van der Waals surface area contributed by atoms with E-state index in [-0.39, 0.29) is 66.3 Å². The molecule has 2 heterocycles. The molecule has 2 aromatic rings. The third-order valence-electron chi connectivity index (χ3n) is 6.24. The summed E-state index contributed by atoms with van der Waals surface area (Å²) >= 11 is 0. The minimum atomic E-state index is -1.19. The summed E-state index contributed by atoms with van der Waals surface area (Å²) in [5.41, 5.74) is -0.230. The normalized spacial score (nSPS) is 25.0. The van der Waals surface area contributed by atoms with Crippen LogP contribution in [0.2, 0.25) is 0 Å². The largest absolute Gasteiger partial charge is 0.486 e. The van der Waals surface area contributed by atoms with Gasteiger partial charge in [-0.25, -0.2) is 4.68 Å². The van der Waals surface area contributed by atoms with Crippen LogP contribution in [0.5, 0.6) is 5.75 Å². The van der Waals surface area contributed by atoms with Crippen LogP contribution in [0.1, 0.15) is 65.6 Å². The topological polar surface area (TPSA) is 111 Å². The number of hydrogen-bond donors (Lipinski definition) is 0. The molecule has 3 aliphatic carbocycles. The first-order chi connectivity index (χ1) is 14.3. The Hall–Kier alpha value is -3.36. The summed E-state index contributed by atoms with van der Waals surface area (Å²) in [4.78, 5) is 51.8. The summed E-state index contributed by atoms with van der Waals surface area (Å²) in [6.07, 6.45) is 2.00. The third kappa shape index (κ3) is 2.47. The molecule has 154 valence electrons. The molecule has 0 saturated heterocycles. The molecule has 9 nitrogen and oxygen atoms in total. The maximum absolute atomic E-state index is 13.2. The van der Waals surface area contributed by atoms with E-state index in [9.17, 15) is 19.2 Å². The van der Waals surface area contributed by atoms with Gasteiger partial charge in [0.05, 0.1) is 23.7 Å². The predicted octanol–water partition coefficient (Wildman–Crippen LogP) is 1.72. The van der Waals surface area contributed by atoms with Crippen molar-refractivity contribution in [1.29, 1.82) is 0 Å². The number of benzene rings is 1. The molecule has 1 aromatic carbocycles. The Kier molecular flexibility index (Phi) is 3.93. The van der Waals surface area contributed by atoms with Crippen LogP contribution in [0.25, 0.3) is 0 Å². The number of nitrogens with zero attached hydrogens (tertiary/aromatic N) is 4. The van der Waals surface area contributed by atoms with E-state index in [1.807, 2.05) is 13.8 Å². The Morgan fingerprint density at radius 3 is 2.60 bits per heavy atom.